The Hall–Kier alpha value is -1.94. The number of aryl methyl sites for hydroxylation is 2. The van der Waals surface area contributed by atoms with E-state index in [-0.39, 0.29) is 11.9 Å². The Bertz CT molecular complexity index is 688. The van der Waals surface area contributed by atoms with Crippen LogP contribution in [0.2, 0.25) is 5.02 Å². The number of amides is 1. The summed E-state index contributed by atoms with van der Waals surface area (Å²) in [4.78, 5) is 12.6. The summed E-state index contributed by atoms with van der Waals surface area (Å²) < 4.78 is 11.0. The van der Waals surface area contributed by atoms with Gasteiger partial charge in [-0.2, -0.15) is 0 Å². The van der Waals surface area contributed by atoms with E-state index in [1.807, 2.05) is 19.1 Å². The number of nitrogens with one attached hydrogen (secondary N) is 1. The molecule has 3 rings (SSSR count). The fourth-order valence-corrected chi connectivity index (χ4v) is 3.10. The van der Waals surface area contributed by atoms with Crippen molar-refractivity contribution in [2.45, 2.75) is 32.7 Å². The number of rotatable bonds is 2. The topological polar surface area (TPSA) is 51.5 Å². The van der Waals surface area contributed by atoms with Crippen LogP contribution >= 0.6 is 11.6 Å². The lowest BCUT2D eigenvalue weighted by molar-refractivity contribution is 0.0932. The number of hydrogen-bond donors (Lipinski definition) is 1. The normalized spacial score (nSPS) is 17.3. The SMILES string of the molecule is Cc1coc(C)c1C(=O)NC1CCCOc2c(Cl)cccc21. The summed E-state index contributed by atoms with van der Waals surface area (Å²) >= 11 is 6.21. The van der Waals surface area contributed by atoms with E-state index in [0.29, 0.717) is 28.7 Å². The van der Waals surface area contributed by atoms with Crippen LogP contribution in [0.1, 0.15) is 46.1 Å². The monoisotopic (exact) mass is 319 g/mol. The molecule has 5 heteroatoms. The van der Waals surface area contributed by atoms with Gasteiger partial charge in [0.15, 0.2) is 0 Å². The molecule has 0 bridgehead atoms. The molecule has 2 aromatic rings. The fraction of sp³-hybridized carbons (Fsp3) is 0.353. The van der Waals surface area contributed by atoms with Gasteiger partial charge in [-0.25, -0.2) is 0 Å². The number of carbonyl (C=O) groups is 1. The number of fused-ring (bicyclic) bond motifs is 1. The first kappa shape index (κ1) is 15.0. The molecule has 1 aromatic heterocycles. The second-order valence-electron chi connectivity index (χ2n) is 5.52. The van der Waals surface area contributed by atoms with E-state index in [9.17, 15) is 4.79 Å². The molecule has 1 aliphatic rings. The highest BCUT2D eigenvalue weighted by Gasteiger charge is 2.25. The Labute approximate surface area is 134 Å². The van der Waals surface area contributed by atoms with Gasteiger partial charge in [-0.15, -0.1) is 0 Å². The minimum atomic E-state index is -0.124. The summed E-state index contributed by atoms with van der Waals surface area (Å²) in [5, 5.41) is 3.67. The van der Waals surface area contributed by atoms with Crippen LogP contribution < -0.4 is 10.1 Å². The maximum absolute atomic E-state index is 12.6. The van der Waals surface area contributed by atoms with Gasteiger partial charge < -0.3 is 14.5 Å². The van der Waals surface area contributed by atoms with Crippen molar-refractivity contribution >= 4 is 17.5 Å². The number of benzene rings is 1. The smallest absolute Gasteiger partial charge is 0.255 e. The van der Waals surface area contributed by atoms with Gasteiger partial charge in [-0.05, 0) is 32.8 Å². The minimum absolute atomic E-state index is 0.114. The number of ether oxygens (including phenoxy) is 1. The van der Waals surface area contributed by atoms with Gasteiger partial charge in [0.1, 0.15) is 11.5 Å². The van der Waals surface area contributed by atoms with Crippen molar-refractivity contribution in [1.82, 2.24) is 5.32 Å². The van der Waals surface area contributed by atoms with Crippen LogP contribution in [0.4, 0.5) is 0 Å². The van der Waals surface area contributed by atoms with Gasteiger partial charge in [0, 0.05) is 11.1 Å². The van der Waals surface area contributed by atoms with Gasteiger partial charge in [-0.3, -0.25) is 4.79 Å². The Balaban J connectivity index is 1.90. The van der Waals surface area contributed by atoms with Crippen molar-refractivity contribution in [3.63, 3.8) is 0 Å². The standard InChI is InChI=1S/C17H18ClNO3/c1-10-9-22-11(2)15(10)17(20)19-14-7-4-8-21-16-12(14)5-3-6-13(16)18/h3,5-6,9,14H,4,7-8H2,1-2H3,(H,19,20). The number of halogens is 1. The highest BCUT2D eigenvalue weighted by Crippen LogP contribution is 2.37. The number of carbonyl (C=O) groups excluding carboxylic acids is 1. The van der Waals surface area contributed by atoms with E-state index < -0.39 is 0 Å². The molecule has 116 valence electrons. The number of hydrogen-bond acceptors (Lipinski definition) is 3. The van der Waals surface area contributed by atoms with E-state index in [4.69, 9.17) is 20.8 Å². The zero-order chi connectivity index (χ0) is 15.7. The molecule has 0 radical (unpaired) electrons. The molecule has 0 fully saturated rings. The first-order valence-corrected chi connectivity index (χ1v) is 7.72. The largest absolute Gasteiger partial charge is 0.492 e. The summed E-state index contributed by atoms with van der Waals surface area (Å²) in [6, 6.07) is 5.52. The van der Waals surface area contributed by atoms with Gasteiger partial charge in [-0.1, -0.05) is 23.7 Å². The fourth-order valence-electron chi connectivity index (χ4n) is 2.86. The molecule has 1 aromatic carbocycles. The molecule has 0 saturated heterocycles. The van der Waals surface area contributed by atoms with Crippen LogP contribution in [0.5, 0.6) is 5.75 Å². The molecular formula is C17H18ClNO3. The molecule has 1 atom stereocenters. The van der Waals surface area contributed by atoms with E-state index in [1.165, 1.54) is 0 Å². The van der Waals surface area contributed by atoms with E-state index in [1.54, 1.807) is 19.3 Å². The van der Waals surface area contributed by atoms with Gasteiger partial charge in [0.2, 0.25) is 0 Å². The van der Waals surface area contributed by atoms with E-state index in [2.05, 4.69) is 5.32 Å². The van der Waals surface area contributed by atoms with Gasteiger partial charge in [0.05, 0.1) is 29.5 Å². The Morgan fingerprint density at radius 3 is 2.91 bits per heavy atom. The predicted octanol–water partition coefficient (Wildman–Crippen LogP) is 4.19. The third kappa shape index (κ3) is 2.71. The van der Waals surface area contributed by atoms with E-state index >= 15 is 0 Å². The van der Waals surface area contributed by atoms with Crippen molar-refractivity contribution in [3.8, 4) is 5.75 Å². The first-order valence-electron chi connectivity index (χ1n) is 7.34. The minimum Gasteiger partial charge on any atom is -0.492 e. The number of para-hydroxylation sites is 1. The van der Waals surface area contributed by atoms with Crippen LogP contribution in [0.25, 0.3) is 0 Å². The summed E-state index contributed by atoms with van der Waals surface area (Å²) in [5.74, 6) is 1.18. The molecule has 1 aliphatic heterocycles. The second-order valence-corrected chi connectivity index (χ2v) is 5.93. The molecule has 1 N–H and O–H groups in total. The van der Waals surface area contributed by atoms with Crippen LogP contribution in [-0.4, -0.2) is 12.5 Å². The summed E-state index contributed by atoms with van der Waals surface area (Å²) in [7, 11) is 0. The average Bonchev–Trinajstić information content (AvgIpc) is 2.70. The Kier molecular flexibility index (Phi) is 4.12. The van der Waals surface area contributed by atoms with Crippen LogP contribution in [0.3, 0.4) is 0 Å². The van der Waals surface area contributed by atoms with Crippen molar-refractivity contribution < 1.29 is 13.9 Å². The Morgan fingerprint density at radius 2 is 2.18 bits per heavy atom. The zero-order valence-electron chi connectivity index (χ0n) is 12.6. The maximum atomic E-state index is 12.6. The molecule has 0 aliphatic carbocycles. The third-order valence-electron chi connectivity index (χ3n) is 3.95. The molecule has 2 heterocycles. The molecule has 0 saturated carbocycles. The molecule has 4 nitrogen and oxygen atoms in total. The highest BCUT2D eigenvalue weighted by atomic mass is 35.5. The van der Waals surface area contributed by atoms with Gasteiger partial charge in [0.25, 0.3) is 5.91 Å². The predicted molar refractivity (Wildman–Crippen MR) is 84.6 cm³/mol. The van der Waals surface area contributed by atoms with Crippen molar-refractivity contribution in [1.29, 1.82) is 0 Å². The number of furan rings is 1. The van der Waals surface area contributed by atoms with Crippen LogP contribution in [-0.2, 0) is 0 Å². The lowest BCUT2D eigenvalue weighted by Crippen LogP contribution is -2.29. The summed E-state index contributed by atoms with van der Waals surface area (Å²) in [5.41, 5.74) is 2.37. The first-order chi connectivity index (χ1) is 10.6. The maximum Gasteiger partial charge on any atom is 0.255 e. The molecule has 22 heavy (non-hydrogen) atoms. The third-order valence-corrected chi connectivity index (χ3v) is 4.25. The zero-order valence-corrected chi connectivity index (χ0v) is 13.4. The molecule has 0 spiro atoms. The molecular weight excluding hydrogens is 302 g/mol. The van der Waals surface area contributed by atoms with Crippen molar-refractivity contribution in [2.75, 3.05) is 6.61 Å². The molecule has 1 amide bonds. The van der Waals surface area contributed by atoms with Crippen LogP contribution in [0, 0.1) is 13.8 Å². The van der Waals surface area contributed by atoms with Crippen molar-refractivity contribution in [2.24, 2.45) is 0 Å². The van der Waals surface area contributed by atoms with E-state index in [0.717, 1.165) is 24.0 Å². The quantitative estimate of drug-likeness (QED) is 0.902. The van der Waals surface area contributed by atoms with Crippen molar-refractivity contribution in [3.05, 3.63) is 51.9 Å². The lowest BCUT2D eigenvalue weighted by atomic mass is 10.0. The second kappa shape index (κ2) is 6.05. The average molecular weight is 320 g/mol. The Morgan fingerprint density at radius 1 is 1.36 bits per heavy atom. The summed E-state index contributed by atoms with van der Waals surface area (Å²) in [6.07, 6.45) is 3.28. The molecule has 1 unspecified atom stereocenters. The van der Waals surface area contributed by atoms with Gasteiger partial charge >= 0.3 is 0 Å². The summed E-state index contributed by atoms with van der Waals surface area (Å²) in [6.45, 7) is 4.27. The lowest BCUT2D eigenvalue weighted by Gasteiger charge is -2.19. The van der Waals surface area contributed by atoms with Crippen LogP contribution in [0.15, 0.2) is 28.9 Å². The highest BCUT2D eigenvalue weighted by molar-refractivity contribution is 6.32.